The maximum atomic E-state index is 11.3. The molecule has 0 aromatic rings. The molecule has 28 heavy (non-hydrogen) atoms. The Morgan fingerprint density at radius 1 is 1.32 bits per heavy atom. The summed E-state index contributed by atoms with van der Waals surface area (Å²) in [5.41, 5.74) is 0. The number of carboxylic acids is 1. The third-order valence-corrected chi connectivity index (χ3v) is 6.15. The summed E-state index contributed by atoms with van der Waals surface area (Å²) in [5.74, 6) is -1.40. The molecule has 1 fully saturated rings. The van der Waals surface area contributed by atoms with Crippen molar-refractivity contribution in [3.05, 3.63) is 0 Å². The molecule has 0 bridgehead atoms. The van der Waals surface area contributed by atoms with Gasteiger partial charge in [0.25, 0.3) is 8.53 Å². The minimum Gasteiger partial charge on any atom is -0.481 e. The number of carbonyl (C=O) groups excluding carboxylic acids is 1. The SMILES string of the molecule is CC(=O)OC1CC(OP(OCCC#N)N(C(C)C)C(C)C)C(CCC(=O)O)O1. The maximum Gasteiger partial charge on any atom is 0.304 e. The van der Waals surface area contributed by atoms with Gasteiger partial charge in [-0.3, -0.25) is 9.59 Å². The zero-order valence-electron chi connectivity index (χ0n) is 17.2. The van der Waals surface area contributed by atoms with Gasteiger partial charge in [0, 0.05) is 31.8 Å². The summed E-state index contributed by atoms with van der Waals surface area (Å²) in [7, 11) is -1.50. The van der Waals surface area contributed by atoms with E-state index < -0.39 is 39.0 Å². The number of nitriles is 1. The van der Waals surface area contributed by atoms with Crippen molar-refractivity contribution in [2.45, 2.75) is 90.9 Å². The number of nitrogens with zero attached hydrogens (tertiary/aromatic N) is 2. The minimum absolute atomic E-state index is 0.0807. The molecule has 4 unspecified atom stereocenters. The van der Waals surface area contributed by atoms with E-state index in [1.54, 1.807) is 0 Å². The molecule has 1 saturated heterocycles. The number of carbonyl (C=O) groups is 2. The Balaban J connectivity index is 2.93. The molecule has 10 heteroatoms. The first kappa shape index (κ1) is 24.7. The van der Waals surface area contributed by atoms with Crippen molar-refractivity contribution in [2.24, 2.45) is 0 Å². The van der Waals surface area contributed by atoms with Crippen LogP contribution >= 0.6 is 8.53 Å². The topological polar surface area (TPSA) is 118 Å². The van der Waals surface area contributed by atoms with Crippen molar-refractivity contribution in [1.29, 1.82) is 5.26 Å². The van der Waals surface area contributed by atoms with Crippen LogP contribution < -0.4 is 0 Å². The van der Waals surface area contributed by atoms with Crippen molar-refractivity contribution >= 4 is 20.5 Å². The van der Waals surface area contributed by atoms with E-state index in [-0.39, 0.29) is 38.0 Å². The standard InChI is InChI=1S/C18H31N2O7P/c1-12(2)20(13(3)4)28(24-10-6-9-19)27-16-11-18(25-14(5)21)26-15(16)7-8-17(22)23/h12-13,15-16,18H,6-8,10-11H2,1-5H3,(H,22,23). The molecule has 1 aliphatic rings. The van der Waals surface area contributed by atoms with E-state index in [0.717, 1.165) is 0 Å². The number of aliphatic carboxylic acids is 1. The molecule has 1 heterocycles. The van der Waals surface area contributed by atoms with Crippen LogP contribution in [0.15, 0.2) is 0 Å². The highest BCUT2D eigenvalue weighted by Gasteiger charge is 2.41. The lowest BCUT2D eigenvalue weighted by atomic mass is 10.1. The molecular formula is C18H31N2O7P. The van der Waals surface area contributed by atoms with Crippen molar-refractivity contribution < 1.29 is 33.2 Å². The Labute approximate surface area is 167 Å². The first-order chi connectivity index (χ1) is 13.1. The molecule has 0 radical (unpaired) electrons. The Morgan fingerprint density at radius 2 is 1.96 bits per heavy atom. The zero-order valence-corrected chi connectivity index (χ0v) is 18.1. The molecule has 1 rings (SSSR count). The molecule has 9 nitrogen and oxygen atoms in total. The molecule has 1 aliphatic heterocycles. The highest BCUT2D eigenvalue weighted by Crippen LogP contribution is 2.49. The highest BCUT2D eigenvalue weighted by atomic mass is 31.2. The van der Waals surface area contributed by atoms with Crippen LogP contribution in [0.4, 0.5) is 0 Å². The fourth-order valence-corrected chi connectivity index (χ4v) is 4.74. The van der Waals surface area contributed by atoms with Gasteiger partial charge >= 0.3 is 11.9 Å². The van der Waals surface area contributed by atoms with E-state index in [0.29, 0.717) is 6.42 Å². The smallest absolute Gasteiger partial charge is 0.304 e. The first-order valence-corrected chi connectivity index (χ1v) is 10.6. The second-order valence-electron chi connectivity index (χ2n) is 7.07. The molecule has 1 N–H and O–H groups in total. The molecule has 0 aromatic heterocycles. The molecule has 0 aromatic carbocycles. The van der Waals surface area contributed by atoms with Gasteiger partial charge in [-0.2, -0.15) is 5.26 Å². The highest BCUT2D eigenvalue weighted by molar-refractivity contribution is 7.44. The van der Waals surface area contributed by atoms with Gasteiger partial charge in [0.2, 0.25) is 6.29 Å². The first-order valence-electron chi connectivity index (χ1n) is 9.45. The Morgan fingerprint density at radius 3 is 2.46 bits per heavy atom. The molecule has 0 aliphatic carbocycles. The molecule has 0 saturated carbocycles. The summed E-state index contributed by atoms with van der Waals surface area (Å²) in [4.78, 5) is 22.2. The molecular weight excluding hydrogens is 387 g/mol. The Hall–Kier alpha value is -1.30. The van der Waals surface area contributed by atoms with Crippen LogP contribution in [-0.4, -0.2) is 58.9 Å². The summed E-state index contributed by atoms with van der Waals surface area (Å²) in [6, 6.07) is 2.32. The van der Waals surface area contributed by atoms with Crippen LogP contribution in [0.3, 0.4) is 0 Å². The van der Waals surface area contributed by atoms with Gasteiger partial charge < -0.3 is 23.6 Å². The number of hydrogen-bond acceptors (Lipinski definition) is 8. The van der Waals surface area contributed by atoms with Crippen LogP contribution in [0.25, 0.3) is 0 Å². The summed E-state index contributed by atoms with van der Waals surface area (Å²) in [5, 5.41) is 17.8. The van der Waals surface area contributed by atoms with Crippen LogP contribution in [0.2, 0.25) is 0 Å². The largest absolute Gasteiger partial charge is 0.481 e. The zero-order chi connectivity index (χ0) is 21.3. The van der Waals surface area contributed by atoms with Crippen molar-refractivity contribution in [3.63, 3.8) is 0 Å². The van der Waals surface area contributed by atoms with Gasteiger partial charge in [-0.15, -0.1) is 0 Å². The van der Waals surface area contributed by atoms with Crippen LogP contribution in [0, 0.1) is 11.3 Å². The normalized spacial score (nSPS) is 23.2. The van der Waals surface area contributed by atoms with Crippen LogP contribution in [0.5, 0.6) is 0 Å². The van der Waals surface area contributed by atoms with Crippen LogP contribution in [0.1, 0.15) is 60.3 Å². The predicted octanol–water partition coefficient (Wildman–Crippen LogP) is 3.19. The van der Waals surface area contributed by atoms with Gasteiger partial charge in [-0.1, -0.05) is 0 Å². The van der Waals surface area contributed by atoms with Gasteiger partial charge in [0.15, 0.2) is 0 Å². The van der Waals surface area contributed by atoms with E-state index in [9.17, 15) is 9.59 Å². The van der Waals surface area contributed by atoms with E-state index in [4.69, 9.17) is 28.9 Å². The Kier molecular flexibility index (Phi) is 10.9. The second-order valence-corrected chi connectivity index (χ2v) is 8.48. The van der Waals surface area contributed by atoms with Crippen molar-refractivity contribution in [2.75, 3.05) is 6.61 Å². The molecule has 4 atom stereocenters. The second kappa shape index (κ2) is 12.3. The quantitative estimate of drug-likeness (QED) is 0.289. The minimum atomic E-state index is -1.50. The monoisotopic (exact) mass is 418 g/mol. The molecule has 0 amide bonds. The van der Waals surface area contributed by atoms with Gasteiger partial charge in [0.1, 0.15) is 0 Å². The average Bonchev–Trinajstić information content (AvgIpc) is 2.92. The maximum absolute atomic E-state index is 11.3. The van der Waals surface area contributed by atoms with Crippen molar-refractivity contribution in [3.8, 4) is 6.07 Å². The lowest BCUT2D eigenvalue weighted by Gasteiger charge is -2.37. The lowest BCUT2D eigenvalue weighted by molar-refractivity contribution is -0.174. The fourth-order valence-electron chi connectivity index (χ4n) is 2.98. The summed E-state index contributed by atoms with van der Waals surface area (Å²) >= 11 is 0. The predicted molar refractivity (Wildman–Crippen MR) is 102 cm³/mol. The molecule has 160 valence electrons. The average molecular weight is 418 g/mol. The fraction of sp³-hybridized carbons (Fsp3) is 0.833. The van der Waals surface area contributed by atoms with E-state index in [1.807, 2.05) is 33.8 Å². The summed E-state index contributed by atoms with van der Waals surface area (Å²) in [6.07, 6.45) is -1.07. The third-order valence-electron chi connectivity index (χ3n) is 3.99. The molecule has 0 spiro atoms. The Bertz CT molecular complexity index is 545. The van der Waals surface area contributed by atoms with E-state index in [2.05, 4.69) is 4.67 Å². The number of rotatable bonds is 12. The summed E-state index contributed by atoms with van der Waals surface area (Å²) < 4.78 is 25.1. The van der Waals surface area contributed by atoms with Gasteiger partial charge in [-0.25, -0.2) is 4.67 Å². The van der Waals surface area contributed by atoms with Gasteiger partial charge in [-0.05, 0) is 34.1 Å². The van der Waals surface area contributed by atoms with Crippen LogP contribution in [-0.2, 0) is 28.1 Å². The number of esters is 1. The van der Waals surface area contributed by atoms with E-state index in [1.165, 1.54) is 6.92 Å². The van der Waals surface area contributed by atoms with E-state index >= 15 is 0 Å². The summed E-state index contributed by atoms with van der Waals surface area (Å²) in [6.45, 7) is 9.64. The number of hydrogen-bond donors (Lipinski definition) is 1. The van der Waals surface area contributed by atoms with Crippen molar-refractivity contribution in [1.82, 2.24) is 4.67 Å². The number of carboxylic acid groups (broad SMARTS) is 1. The third kappa shape index (κ3) is 8.38. The van der Waals surface area contributed by atoms with Gasteiger partial charge in [0.05, 0.1) is 31.3 Å². The number of ether oxygens (including phenoxy) is 2. The lowest BCUT2D eigenvalue weighted by Crippen LogP contribution is -2.36.